The normalized spacial score (nSPS) is 11.1. The highest BCUT2D eigenvalue weighted by Gasteiger charge is 2.39. The molecule has 8 heteroatoms. The topological polar surface area (TPSA) is 55.0 Å². The van der Waals surface area contributed by atoms with Crippen molar-refractivity contribution in [2.24, 2.45) is 0 Å². The van der Waals surface area contributed by atoms with Gasteiger partial charge in [-0.3, -0.25) is 0 Å². The van der Waals surface area contributed by atoms with Crippen LogP contribution in [0.1, 0.15) is 16.1 Å². The molecule has 4 nitrogen and oxygen atoms in total. The van der Waals surface area contributed by atoms with Crippen molar-refractivity contribution in [2.45, 2.75) is 12.7 Å². The molecule has 0 amide bonds. The quantitative estimate of drug-likeness (QED) is 0.789. The lowest BCUT2D eigenvalue weighted by molar-refractivity contribution is -0.138. The lowest BCUT2D eigenvalue weighted by atomic mass is 10.2. The van der Waals surface area contributed by atoms with Crippen molar-refractivity contribution in [2.75, 3.05) is 7.11 Å². The Bertz CT molecular complexity index is 488. The first-order valence-corrected chi connectivity index (χ1v) is 5.03. The van der Waals surface area contributed by atoms with E-state index in [1.807, 2.05) is 0 Å². The summed E-state index contributed by atoms with van der Waals surface area (Å²) in [5, 5.41) is 8.51. The summed E-state index contributed by atoms with van der Waals surface area (Å²) in [6.45, 7) is -0.388. The molecule has 17 heavy (non-hydrogen) atoms. The van der Waals surface area contributed by atoms with Gasteiger partial charge in [0.15, 0.2) is 0 Å². The number of ether oxygens (including phenoxy) is 1. The molecule has 1 aromatic rings. The molecule has 0 spiro atoms. The first kappa shape index (κ1) is 13.6. The predicted octanol–water partition coefficient (Wildman–Crippen LogP) is 2.58. The molecule has 0 aromatic carbocycles. The van der Waals surface area contributed by atoms with E-state index in [2.05, 4.69) is 20.7 Å². The molecule has 0 radical (unpaired) electrons. The van der Waals surface area contributed by atoms with Gasteiger partial charge >= 0.3 is 12.1 Å². The summed E-state index contributed by atoms with van der Waals surface area (Å²) < 4.78 is 43.1. The molecule has 0 atom stereocenters. The van der Waals surface area contributed by atoms with E-state index >= 15 is 0 Å². The van der Waals surface area contributed by atoms with Crippen molar-refractivity contribution in [1.29, 1.82) is 5.26 Å². The number of esters is 1. The first-order valence-electron chi connectivity index (χ1n) is 4.24. The van der Waals surface area contributed by atoms with Crippen molar-refractivity contribution in [3.8, 4) is 6.07 Å². The lowest BCUT2D eigenvalue weighted by Gasteiger charge is -2.09. The summed E-state index contributed by atoms with van der Waals surface area (Å²) in [7, 11) is 0.972. The Balaban J connectivity index is 3.48. The fourth-order valence-corrected chi connectivity index (χ4v) is 1.81. The van der Waals surface area contributed by atoms with E-state index in [1.54, 1.807) is 6.07 Å². The van der Waals surface area contributed by atoms with Crippen molar-refractivity contribution in [3.63, 3.8) is 0 Å². The molecule has 0 saturated heterocycles. The largest absolute Gasteiger partial charge is 0.464 e. The number of carbonyl (C=O) groups is 1. The van der Waals surface area contributed by atoms with Crippen LogP contribution in [-0.2, 0) is 17.5 Å². The minimum atomic E-state index is -4.69. The van der Waals surface area contributed by atoms with E-state index in [0.29, 0.717) is 0 Å². The molecule has 1 rings (SSSR count). The van der Waals surface area contributed by atoms with Crippen LogP contribution in [0.2, 0.25) is 0 Å². The van der Waals surface area contributed by atoms with Crippen LogP contribution in [0, 0.1) is 11.3 Å². The van der Waals surface area contributed by atoms with E-state index < -0.39 is 23.4 Å². The molecule has 1 heterocycles. The monoisotopic (exact) mass is 310 g/mol. The van der Waals surface area contributed by atoms with Gasteiger partial charge in [0.1, 0.15) is 12.2 Å². The highest BCUT2D eigenvalue weighted by Crippen LogP contribution is 2.36. The first-order chi connectivity index (χ1) is 7.82. The zero-order valence-corrected chi connectivity index (χ0v) is 10.1. The smallest absolute Gasteiger partial charge is 0.418 e. The van der Waals surface area contributed by atoms with Crippen molar-refractivity contribution >= 4 is 21.9 Å². The fraction of sp³-hybridized carbons (Fsp3) is 0.333. The molecule has 0 aliphatic heterocycles. The second kappa shape index (κ2) is 4.79. The maximum atomic E-state index is 12.7. The Morgan fingerprint density at radius 2 is 2.24 bits per heavy atom. The molecule has 0 bridgehead atoms. The maximum Gasteiger partial charge on any atom is 0.418 e. The molecule has 0 N–H and O–H groups in total. The van der Waals surface area contributed by atoms with Crippen LogP contribution in [-0.4, -0.2) is 17.6 Å². The Labute approximate surface area is 103 Å². The number of carbonyl (C=O) groups excluding carboxylic acids is 1. The Kier molecular flexibility index (Phi) is 3.83. The van der Waals surface area contributed by atoms with Gasteiger partial charge in [-0.2, -0.15) is 18.4 Å². The van der Waals surface area contributed by atoms with E-state index in [-0.39, 0.29) is 11.1 Å². The van der Waals surface area contributed by atoms with Crippen LogP contribution in [0.5, 0.6) is 0 Å². The molecular formula is C9H6BrF3N2O2. The summed E-state index contributed by atoms with van der Waals surface area (Å²) in [6.07, 6.45) is -4.69. The van der Waals surface area contributed by atoms with Gasteiger partial charge in [-0.25, -0.2) is 4.79 Å². The van der Waals surface area contributed by atoms with Crippen LogP contribution in [0.25, 0.3) is 0 Å². The van der Waals surface area contributed by atoms with Gasteiger partial charge in [-0.05, 0) is 22.0 Å². The van der Waals surface area contributed by atoms with E-state index in [1.165, 1.54) is 0 Å². The number of nitriles is 1. The molecule has 0 aliphatic carbocycles. The SMILES string of the molecule is COC(=O)c1c(C(F)(F)F)cc(Br)n1CC#N. The number of aromatic nitrogens is 1. The number of methoxy groups -OCH3 is 1. The Hall–Kier alpha value is -1.49. The third-order valence-electron chi connectivity index (χ3n) is 1.96. The predicted molar refractivity (Wildman–Crippen MR) is 54.1 cm³/mol. The van der Waals surface area contributed by atoms with E-state index in [4.69, 9.17) is 5.26 Å². The second-order valence-corrected chi connectivity index (χ2v) is 3.78. The van der Waals surface area contributed by atoms with Crippen LogP contribution in [0.15, 0.2) is 10.7 Å². The van der Waals surface area contributed by atoms with Gasteiger partial charge in [0.2, 0.25) is 0 Å². The third kappa shape index (κ3) is 2.61. The maximum absolute atomic E-state index is 12.7. The molecule has 1 aromatic heterocycles. The van der Waals surface area contributed by atoms with Gasteiger partial charge in [-0.15, -0.1) is 0 Å². The summed E-state index contributed by atoms with van der Waals surface area (Å²) >= 11 is 2.86. The van der Waals surface area contributed by atoms with E-state index in [9.17, 15) is 18.0 Å². The molecule has 92 valence electrons. The number of alkyl halides is 3. The summed E-state index contributed by atoms with van der Waals surface area (Å²) in [5.41, 5.74) is -1.82. The highest BCUT2D eigenvalue weighted by molar-refractivity contribution is 9.10. The molecule has 0 fully saturated rings. The minimum absolute atomic E-state index is 0.00762. The van der Waals surface area contributed by atoms with Crippen molar-refractivity contribution in [3.05, 3.63) is 21.9 Å². The number of halogens is 4. The zero-order chi connectivity index (χ0) is 13.2. The second-order valence-electron chi connectivity index (χ2n) is 2.96. The average Bonchev–Trinajstić information content (AvgIpc) is 2.56. The van der Waals surface area contributed by atoms with Gasteiger partial charge in [0.25, 0.3) is 0 Å². The summed E-state index contributed by atoms with van der Waals surface area (Å²) in [5.74, 6) is -1.14. The molecular weight excluding hydrogens is 305 g/mol. The zero-order valence-electron chi connectivity index (χ0n) is 8.51. The summed E-state index contributed by atoms with van der Waals surface area (Å²) in [4.78, 5) is 11.3. The molecule has 0 unspecified atom stereocenters. The van der Waals surface area contributed by atoms with Gasteiger partial charge in [0, 0.05) is 0 Å². The minimum Gasteiger partial charge on any atom is -0.464 e. The average molecular weight is 311 g/mol. The third-order valence-corrected chi connectivity index (χ3v) is 2.62. The van der Waals surface area contributed by atoms with Gasteiger partial charge in [-0.1, -0.05) is 0 Å². The number of hydrogen-bond donors (Lipinski definition) is 0. The van der Waals surface area contributed by atoms with Crippen LogP contribution in [0.3, 0.4) is 0 Å². The molecule has 0 saturated carbocycles. The van der Waals surface area contributed by atoms with Crippen LogP contribution < -0.4 is 0 Å². The summed E-state index contributed by atoms with van der Waals surface area (Å²) in [6, 6.07) is 2.41. The standard InChI is InChI=1S/C9H6BrF3N2O2/c1-17-8(16)7-5(9(11,12)13)4-6(10)15(7)3-2-14/h4H,3H2,1H3. The Morgan fingerprint density at radius 3 is 2.65 bits per heavy atom. The van der Waals surface area contributed by atoms with Crippen LogP contribution in [0.4, 0.5) is 13.2 Å². The fourth-order valence-electron chi connectivity index (χ4n) is 1.28. The molecule has 0 aliphatic rings. The van der Waals surface area contributed by atoms with Crippen molar-refractivity contribution in [1.82, 2.24) is 4.57 Å². The number of nitrogens with zero attached hydrogens (tertiary/aromatic N) is 2. The van der Waals surface area contributed by atoms with E-state index in [0.717, 1.165) is 17.7 Å². The van der Waals surface area contributed by atoms with Crippen molar-refractivity contribution < 1.29 is 22.7 Å². The highest BCUT2D eigenvalue weighted by atomic mass is 79.9. The van der Waals surface area contributed by atoms with Crippen LogP contribution >= 0.6 is 15.9 Å². The van der Waals surface area contributed by atoms with Gasteiger partial charge in [0.05, 0.1) is 23.3 Å². The number of hydrogen-bond acceptors (Lipinski definition) is 3. The lowest BCUT2D eigenvalue weighted by Crippen LogP contribution is -2.17. The number of rotatable bonds is 2. The van der Waals surface area contributed by atoms with Gasteiger partial charge < -0.3 is 9.30 Å². The Morgan fingerprint density at radius 1 is 1.65 bits per heavy atom.